The highest BCUT2D eigenvalue weighted by Gasteiger charge is 2.13. The van der Waals surface area contributed by atoms with Crippen molar-refractivity contribution in [2.75, 3.05) is 25.6 Å². The first-order valence-corrected chi connectivity index (χ1v) is 8.38. The quantitative estimate of drug-likeness (QED) is 0.693. The Morgan fingerprint density at radius 3 is 2.50 bits per heavy atom. The summed E-state index contributed by atoms with van der Waals surface area (Å²) in [7, 11) is 1.52. The van der Waals surface area contributed by atoms with Crippen LogP contribution >= 0.6 is 0 Å². The number of carbonyl (C=O) groups excluding carboxylic acids is 2. The topological polar surface area (TPSA) is 73.9 Å². The molecule has 0 bridgehead atoms. The van der Waals surface area contributed by atoms with Gasteiger partial charge in [-0.1, -0.05) is 19.1 Å². The molecule has 0 aliphatic rings. The molecular weight excluding hydrogens is 334 g/mol. The number of rotatable bonds is 9. The van der Waals surface area contributed by atoms with Gasteiger partial charge >= 0.3 is 0 Å². The Labute approximate surface area is 153 Å². The molecule has 0 unspecified atom stereocenters. The number of nitrogens with one attached hydrogen (secondary N) is 1. The maximum atomic E-state index is 12.2. The Balaban J connectivity index is 2.05. The minimum Gasteiger partial charge on any atom is -0.497 e. The van der Waals surface area contributed by atoms with Gasteiger partial charge in [0.25, 0.3) is 5.91 Å². The van der Waals surface area contributed by atoms with E-state index in [1.165, 1.54) is 14.0 Å². The summed E-state index contributed by atoms with van der Waals surface area (Å²) in [6, 6.07) is 12.1. The van der Waals surface area contributed by atoms with Gasteiger partial charge < -0.3 is 19.5 Å². The van der Waals surface area contributed by atoms with E-state index in [-0.39, 0.29) is 18.3 Å². The molecule has 0 spiro atoms. The van der Waals surface area contributed by atoms with E-state index in [2.05, 4.69) is 5.32 Å². The smallest absolute Gasteiger partial charge is 0.262 e. The summed E-state index contributed by atoms with van der Waals surface area (Å²) in [5, 5.41) is 2.76. The zero-order valence-corrected chi connectivity index (χ0v) is 15.2. The highest BCUT2D eigenvalue weighted by atomic mass is 16.5. The molecule has 26 heavy (non-hydrogen) atoms. The predicted molar refractivity (Wildman–Crippen MR) is 99.4 cm³/mol. The molecule has 6 heteroatoms. The fourth-order valence-corrected chi connectivity index (χ4v) is 2.28. The summed E-state index contributed by atoms with van der Waals surface area (Å²) >= 11 is 0. The van der Waals surface area contributed by atoms with E-state index in [1.54, 1.807) is 30.3 Å². The second-order valence-electron chi connectivity index (χ2n) is 5.60. The number of carbonyl (C=O) groups is 2. The van der Waals surface area contributed by atoms with Gasteiger partial charge in [-0.25, -0.2) is 0 Å². The number of ketones is 1. The van der Waals surface area contributed by atoms with Crippen molar-refractivity contribution < 1.29 is 23.8 Å². The maximum absolute atomic E-state index is 12.2. The summed E-state index contributed by atoms with van der Waals surface area (Å²) < 4.78 is 16.3. The second-order valence-corrected chi connectivity index (χ2v) is 5.60. The molecule has 6 nitrogen and oxygen atoms in total. The third-order valence-electron chi connectivity index (χ3n) is 3.55. The molecule has 0 fully saturated rings. The molecule has 1 N–H and O–H groups in total. The van der Waals surface area contributed by atoms with Gasteiger partial charge in [-0.3, -0.25) is 9.59 Å². The van der Waals surface area contributed by atoms with E-state index in [9.17, 15) is 9.59 Å². The summed E-state index contributed by atoms with van der Waals surface area (Å²) in [4.78, 5) is 23.9. The Morgan fingerprint density at radius 1 is 1.04 bits per heavy atom. The lowest BCUT2D eigenvalue weighted by Gasteiger charge is -2.13. The summed E-state index contributed by atoms with van der Waals surface area (Å²) in [6.07, 6.45) is 0.870. The maximum Gasteiger partial charge on any atom is 0.262 e. The van der Waals surface area contributed by atoms with Crippen molar-refractivity contribution in [2.24, 2.45) is 0 Å². The minimum atomic E-state index is -0.352. The predicted octanol–water partition coefficient (Wildman–Crippen LogP) is 3.70. The largest absolute Gasteiger partial charge is 0.497 e. The Morgan fingerprint density at radius 2 is 1.81 bits per heavy atom. The van der Waals surface area contributed by atoms with Crippen LogP contribution in [-0.2, 0) is 4.79 Å². The average Bonchev–Trinajstić information content (AvgIpc) is 2.65. The van der Waals surface area contributed by atoms with E-state index in [0.717, 1.165) is 6.42 Å². The number of para-hydroxylation sites is 2. The van der Waals surface area contributed by atoms with Crippen molar-refractivity contribution in [1.82, 2.24) is 0 Å². The molecule has 2 aromatic carbocycles. The van der Waals surface area contributed by atoms with Gasteiger partial charge in [-0.15, -0.1) is 0 Å². The number of hydrogen-bond acceptors (Lipinski definition) is 5. The fourth-order valence-electron chi connectivity index (χ4n) is 2.28. The number of benzene rings is 2. The van der Waals surface area contributed by atoms with Gasteiger partial charge in [0.1, 0.15) is 17.2 Å². The average molecular weight is 357 g/mol. The third kappa shape index (κ3) is 5.24. The first-order valence-electron chi connectivity index (χ1n) is 8.38. The first-order chi connectivity index (χ1) is 12.5. The number of methoxy groups -OCH3 is 1. The van der Waals surface area contributed by atoms with Gasteiger partial charge in [-0.05, 0) is 37.6 Å². The van der Waals surface area contributed by atoms with Crippen molar-refractivity contribution in [3.05, 3.63) is 48.0 Å². The van der Waals surface area contributed by atoms with E-state index in [0.29, 0.717) is 35.1 Å². The molecule has 0 aromatic heterocycles. The Bertz CT molecular complexity index is 773. The van der Waals surface area contributed by atoms with Crippen LogP contribution in [-0.4, -0.2) is 32.0 Å². The summed E-state index contributed by atoms with van der Waals surface area (Å²) in [5.41, 5.74) is 0.970. The van der Waals surface area contributed by atoms with Crippen LogP contribution in [0.25, 0.3) is 0 Å². The van der Waals surface area contributed by atoms with Crippen molar-refractivity contribution in [1.29, 1.82) is 0 Å². The molecule has 2 rings (SSSR count). The van der Waals surface area contributed by atoms with Gasteiger partial charge in [0.15, 0.2) is 12.4 Å². The Hall–Kier alpha value is -3.02. The molecule has 0 heterocycles. The van der Waals surface area contributed by atoms with E-state index in [1.807, 2.05) is 19.1 Å². The molecule has 0 radical (unpaired) electrons. The number of hydrogen-bond donors (Lipinski definition) is 1. The van der Waals surface area contributed by atoms with E-state index >= 15 is 0 Å². The molecule has 138 valence electrons. The number of amides is 1. The number of Topliss-reactive ketones (excluding diaryl/α,β-unsaturated/α-hetero) is 1. The lowest BCUT2D eigenvalue weighted by molar-refractivity contribution is -0.118. The van der Waals surface area contributed by atoms with Crippen LogP contribution in [0, 0.1) is 0 Å². The van der Waals surface area contributed by atoms with Crippen LogP contribution < -0.4 is 19.5 Å². The van der Waals surface area contributed by atoms with E-state index in [4.69, 9.17) is 14.2 Å². The molecule has 0 aliphatic carbocycles. The fraction of sp³-hybridized carbons (Fsp3) is 0.300. The van der Waals surface area contributed by atoms with Crippen LogP contribution in [0.4, 0.5) is 5.69 Å². The van der Waals surface area contributed by atoms with Gasteiger partial charge in [0.2, 0.25) is 0 Å². The normalized spacial score (nSPS) is 10.1. The molecule has 0 saturated carbocycles. The molecule has 1 amide bonds. The van der Waals surface area contributed by atoms with Crippen molar-refractivity contribution >= 4 is 17.4 Å². The van der Waals surface area contributed by atoms with Crippen molar-refractivity contribution in [3.8, 4) is 17.2 Å². The van der Waals surface area contributed by atoms with Crippen molar-refractivity contribution in [2.45, 2.75) is 20.3 Å². The lowest BCUT2D eigenvalue weighted by Crippen LogP contribution is -2.21. The highest BCUT2D eigenvalue weighted by Crippen LogP contribution is 2.26. The van der Waals surface area contributed by atoms with Crippen LogP contribution in [0.1, 0.15) is 30.6 Å². The number of ether oxygens (including phenoxy) is 3. The zero-order valence-electron chi connectivity index (χ0n) is 15.2. The SMILES string of the molecule is CCCOc1ccccc1NC(=O)COc1cc(OC)ccc1C(C)=O. The molecule has 0 atom stereocenters. The monoisotopic (exact) mass is 357 g/mol. The van der Waals surface area contributed by atoms with E-state index < -0.39 is 0 Å². The van der Waals surface area contributed by atoms with Gasteiger partial charge in [0.05, 0.1) is 25.0 Å². The summed E-state index contributed by atoms with van der Waals surface area (Å²) in [6.45, 7) is 3.77. The van der Waals surface area contributed by atoms with Gasteiger partial charge in [0, 0.05) is 6.07 Å². The second kappa shape index (κ2) is 9.46. The molecule has 2 aromatic rings. The van der Waals surface area contributed by atoms with Crippen LogP contribution in [0.3, 0.4) is 0 Å². The minimum absolute atomic E-state index is 0.152. The number of anilines is 1. The highest BCUT2D eigenvalue weighted by molar-refractivity contribution is 5.97. The lowest BCUT2D eigenvalue weighted by atomic mass is 10.1. The third-order valence-corrected chi connectivity index (χ3v) is 3.55. The van der Waals surface area contributed by atoms with Crippen molar-refractivity contribution in [3.63, 3.8) is 0 Å². The Kier molecular flexibility index (Phi) is 7.02. The van der Waals surface area contributed by atoms with Crippen LogP contribution in [0.15, 0.2) is 42.5 Å². The van der Waals surface area contributed by atoms with Crippen LogP contribution in [0.2, 0.25) is 0 Å². The first kappa shape index (κ1) is 19.3. The zero-order chi connectivity index (χ0) is 18.9. The van der Waals surface area contributed by atoms with Gasteiger partial charge in [-0.2, -0.15) is 0 Å². The molecule has 0 aliphatic heterocycles. The standard InChI is InChI=1S/C20H23NO5/c1-4-11-25-18-8-6-5-7-17(18)21-20(23)13-26-19-12-15(24-3)9-10-16(19)14(2)22/h5-10,12H,4,11,13H2,1-3H3,(H,21,23). The molecular formula is C20H23NO5. The van der Waals surface area contributed by atoms with Crippen LogP contribution in [0.5, 0.6) is 17.2 Å². The molecule has 0 saturated heterocycles. The summed E-state index contributed by atoms with van der Waals surface area (Å²) in [5.74, 6) is 0.955.